The molecule has 29 heavy (non-hydrogen) atoms. The van der Waals surface area contributed by atoms with Gasteiger partial charge < -0.3 is 4.74 Å². The van der Waals surface area contributed by atoms with Crippen LogP contribution in [0.1, 0.15) is 11.1 Å². The lowest BCUT2D eigenvalue weighted by molar-refractivity contribution is -0.385. The zero-order valence-electron chi connectivity index (χ0n) is 14.9. The Balaban J connectivity index is 1.93. The molecule has 2 aromatic rings. The first-order valence-corrected chi connectivity index (χ1v) is 8.93. The third kappa shape index (κ3) is 4.09. The minimum atomic E-state index is -0.647. The molecule has 0 saturated carbocycles. The van der Waals surface area contributed by atoms with Gasteiger partial charge in [-0.1, -0.05) is 18.2 Å². The number of nitrogens with zero attached hydrogens (tertiary/aromatic N) is 3. The van der Waals surface area contributed by atoms with Crippen LogP contribution in [0.15, 0.2) is 47.4 Å². The Bertz CT molecular complexity index is 1070. The predicted molar refractivity (Wildman–Crippen MR) is 104 cm³/mol. The molecule has 0 radical (unpaired) electrons. The maximum atomic E-state index is 12.7. The van der Waals surface area contributed by atoms with Crippen LogP contribution < -0.4 is 4.74 Å². The summed E-state index contributed by atoms with van der Waals surface area (Å²) in [7, 11) is 1.37. The van der Waals surface area contributed by atoms with E-state index in [2.05, 4.69) is 0 Å². The first-order valence-electron chi connectivity index (χ1n) is 8.12. The molecule has 1 aliphatic rings. The molecule has 0 spiro atoms. The van der Waals surface area contributed by atoms with E-state index in [4.69, 9.17) is 4.74 Å². The number of imide groups is 1. The van der Waals surface area contributed by atoms with Crippen molar-refractivity contribution in [3.05, 3.63) is 78.7 Å². The normalized spacial score (nSPS) is 15.1. The van der Waals surface area contributed by atoms with E-state index in [1.54, 1.807) is 6.07 Å². The smallest absolute Gasteiger partial charge is 0.293 e. The van der Waals surface area contributed by atoms with E-state index in [1.807, 2.05) is 0 Å². The van der Waals surface area contributed by atoms with Crippen molar-refractivity contribution < 1.29 is 24.2 Å². The molecule has 148 valence electrons. The van der Waals surface area contributed by atoms with Gasteiger partial charge in [-0.15, -0.1) is 0 Å². The van der Waals surface area contributed by atoms with E-state index in [-0.39, 0.29) is 34.0 Å². The molecule has 3 rings (SSSR count). The fraction of sp³-hybridized carbons (Fsp3) is 0.111. The van der Waals surface area contributed by atoms with Crippen LogP contribution in [-0.2, 0) is 11.3 Å². The lowest BCUT2D eigenvalue weighted by atomic mass is 10.1. The van der Waals surface area contributed by atoms with Crippen LogP contribution >= 0.6 is 11.8 Å². The monoisotopic (exact) mass is 415 g/mol. The number of benzene rings is 2. The van der Waals surface area contributed by atoms with E-state index in [0.29, 0.717) is 17.5 Å². The summed E-state index contributed by atoms with van der Waals surface area (Å²) < 4.78 is 5.16. The fourth-order valence-corrected chi connectivity index (χ4v) is 3.55. The molecule has 11 heteroatoms. The Kier molecular flexibility index (Phi) is 5.59. The summed E-state index contributed by atoms with van der Waals surface area (Å²) in [6.07, 6.45) is 1.33. The maximum absolute atomic E-state index is 12.7. The molecule has 0 unspecified atom stereocenters. The minimum absolute atomic E-state index is 0.0346. The molecule has 1 fully saturated rings. The van der Waals surface area contributed by atoms with Crippen LogP contribution in [0.4, 0.5) is 16.2 Å². The van der Waals surface area contributed by atoms with Crippen molar-refractivity contribution in [2.75, 3.05) is 7.11 Å². The Morgan fingerprint density at radius 1 is 1.10 bits per heavy atom. The highest BCUT2D eigenvalue weighted by Crippen LogP contribution is 2.36. The predicted octanol–water partition coefficient (Wildman–Crippen LogP) is 3.75. The fourth-order valence-electron chi connectivity index (χ4n) is 2.72. The van der Waals surface area contributed by atoms with Crippen LogP contribution in [0.2, 0.25) is 0 Å². The highest BCUT2D eigenvalue weighted by atomic mass is 32.2. The standard InChI is InChI=1S/C18H13N3O7S/c1-28-15-7-6-13(20(24)25)8-12(15)9-16-17(22)19(18(23)29-16)10-11-4-2-3-5-14(11)21(26)27/h2-9H,10H2,1H3/b16-9-. The maximum Gasteiger partial charge on any atom is 0.293 e. The van der Waals surface area contributed by atoms with Crippen LogP contribution in [0.3, 0.4) is 0 Å². The van der Waals surface area contributed by atoms with E-state index in [9.17, 15) is 29.8 Å². The molecule has 1 saturated heterocycles. The van der Waals surface area contributed by atoms with Gasteiger partial charge in [-0.05, 0) is 23.9 Å². The summed E-state index contributed by atoms with van der Waals surface area (Å²) in [5.41, 5.74) is 0.0824. The third-order valence-corrected chi connectivity index (χ3v) is 5.01. The minimum Gasteiger partial charge on any atom is -0.496 e. The van der Waals surface area contributed by atoms with Crippen molar-refractivity contribution in [1.29, 1.82) is 0 Å². The van der Waals surface area contributed by atoms with E-state index >= 15 is 0 Å². The van der Waals surface area contributed by atoms with Crippen molar-refractivity contribution in [2.24, 2.45) is 0 Å². The Hall–Kier alpha value is -3.73. The van der Waals surface area contributed by atoms with Gasteiger partial charge in [0.15, 0.2) is 0 Å². The zero-order valence-corrected chi connectivity index (χ0v) is 15.8. The summed E-state index contributed by atoms with van der Waals surface area (Å²) >= 11 is 0.647. The van der Waals surface area contributed by atoms with Crippen LogP contribution in [0.25, 0.3) is 6.08 Å². The second kappa shape index (κ2) is 8.10. The number of hydrogen-bond donors (Lipinski definition) is 0. The number of ether oxygens (including phenoxy) is 1. The number of carbonyl (C=O) groups is 2. The third-order valence-electron chi connectivity index (χ3n) is 4.10. The lowest BCUT2D eigenvalue weighted by Gasteiger charge is -2.12. The molecule has 0 aromatic heterocycles. The highest BCUT2D eigenvalue weighted by Gasteiger charge is 2.36. The second-order valence-corrected chi connectivity index (χ2v) is 6.83. The number of non-ortho nitro benzene ring substituents is 1. The van der Waals surface area contributed by atoms with E-state index in [0.717, 1.165) is 4.90 Å². The molecular formula is C18H13N3O7S. The number of amides is 2. The lowest BCUT2D eigenvalue weighted by Crippen LogP contribution is -2.27. The van der Waals surface area contributed by atoms with E-state index in [1.165, 1.54) is 49.6 Å². The zero-order chi connectivity index (χ0) is 21.1. The first kappa shape index (κ1) is 20.0. The van der Waals surface area contributed by atoms with Gasteiger partial charge in [0.25, 0.3) is 22.5 Å². The average Bonchev–Trinajstić information content (AvgIpc) is 2.95. The number of methoxy groups -OCH3 is 1. The van der Waals surface area contributed by atoms with E-state index < -0.39 is 21.0 Å². The van der Waals surface area contributed by atoms with Crippen molar-refractivity contribution in [2.45, 2.75) is 6.54 Å². The average molecular weight is 415 g/mol. The summed E-state index contributed by atoms with van der Waals surface area (Å²) in [4.78, 5) is 46.9. The van der Waals surface area contributed by atoms with Crippen LogP contribution in [0, 0.1) is 20.2 Å². The van der Waals surface area contributed by atoms with Crippen LogP contribution in [0.5, 0.6) is 5.75 Å². The molecule has 1 heterocycles. The Labute approximate surface area is 168 Å². The number of thioether (sulfide) groups is 1. The van der Waals surface area contributed by atoms with Gasteiger partial charge in [-0.25, -0.2) is 0 Å². The molecule has 0 bridgehead atoms. The quantitative estimate of drug-likeness (QED) is 0.396. The number of nitro groups is 2. The summed E-state index contributed by atoms with van der Waals surface area (Å²) in [5.74, 6) is -0.354. The van der Waals surface area contributed by atoms with Crippen molar-refractivity contribution >= 4 is 40.4 Å². The van der Waals surface area contributed by atoms with Gasteiger partial charge in [0.05, 0.1) is 28.4 Å². The first-order chi connectivity index (χ1) is 13.8. The number of rotatable bonds is 6. The highest BCUT2D eigenvalue weighted by molar-refractivity contribution is 8.18. The van der Waals surface area contributed by atoms with Crippen molar-refractivity contribution in [3.63, 3.8) is 0 Å². The summed E-state index contributed by atoms with van der Waals surface area (Å²) in [6.45, 7) is -0.259. The number of carbonyl (C=O) groups excluding carboxylic acids is 2. The van der Waals surface area contributed by atoms with Crippen molar-refractivity contribution in [1.82, 2.24) is 4.90 Å². The largest absolute Gasteiger partial charge is 0.496 e. The topological polar surface area (TPSA) is 133 Å². The molecule has 2 amide bonds. The van der Waals surface area contributed by atoms with Gasteiger partial charge in [-0.2, -0.15) is 0 Å². The van der Waals surface area contributed by atoms with Gasteiger partial charge >= 0.3 is 0 Å². The molecule has 1 aliphatic heterocycles. The van der Waals surface area contributed by atoms with Gasteiger partial charge in [0, 0.05) is 29.3 Å². The van der Waals surface area contributed by atoms with Crippen molar-refractivity contribution in [3.8, 4) is 5.75 Å². The van der Waals surface area contributed by atoms with Gasteiger partial charge in [-0.3, -0.25) is 34.7 Å². The number of hydrogen-bond acceptors (Lipinski definition) is 8. The Morgan fingerprint density at radius 3 is 2.48 bits per heavy atom. The molecular weight excluding hydrogens is 402 g/mol. The summed E-state index contributed by atoms with van der Waals surface area (Å²) in [5, 5.41) is 21.6. The summed E-state index contributed by atoms with van der Waals surface area (Å²) in [6, 6.07) is 9.70. The number of nitro benzene ring substituents is 2. The second-order valence-electron chi connectivity index (χ2n) is 5.84. The number of para-hydroxylation sites is 1. The molecule has 2 aromatic carbocycles. The molecule has 10 nitrogen and oxygen atoms in total. The molecule has 0 atom stereocenters. The molecule has 0 N–H and O–H groups in total. The van der Waals surface area contributed by atoms with Gasteiger partial charge in [0.2, 0.25) is 0 Å². The molecule has 0 aliphatic carbocycles. The van der Waals surface area contributed by atoms with Gasteiger partial charge in [0.1, 0.15) is 5.75 Å². The SMILES string of the molecule is COc1ccc([N+](=O)[O-])cc1/C=C1\SC(=O)N(Cc2ccccc2[N+](=O)[O-])C1=O. The Morgan fingerprint density at radius 2 is 1.83 bits per heavy atom. The van der Waals surface area contributed by atoms with Crippen LogP contribution in [-0.4, -0.2) is 33.0 Å².